The molecule has 0 aliphatic rings. The predicted molar refractivity (Wildman–Crippen MR) is 90.7 cm³/mol. The summed E-state index contributed by atoms with van der Waals surface area (Å²) in [5.41, 5.74) is 2.26. The van der Waals surface area contributed by atoms with E-state index in [-0.39, 0.29) is 5.76 Å². The zero-order valence-electron chi connectivity index (χ0n) is 13.2. The van der Waals surface area contributed by atoms with Crippen LogP contribution in [0.3, 0.4) is 0 Å². The van der Waals surface area contributed by atoms with Crippen molar-refractivity contribution in [3.8, 4) is 11.3 Å². The van der Waals surface area contributed by atoms with Crippen molar-refractivity contribution in [2.24, 2.45) is 0 Å². The first-order chi connectivity index (χ1) is 12.1. The van der Waals surface area contributed by atoms with E-state index in [2.05, 4.69) is 20.5 Å². The monoisotopic (exact) mass is 336 g/mol. The number of amides is 1. The standard InChI is InChI=1S/C18H13FN4O2/c1-10-13-8-11(9-20-17(13)23-22-10)21-18(24)16-7-6-15(25-16)12-4-2-3-5-14(12)19/h2-9H,1H3,(H,21,24)(H,20,22,23). The Kier molecular flexibility index (Phi) is 3.53. The number of anilines is 1. The second-order valence-corrected chi connectivity index (χ2v) is 5.54. The fourth-order valence-corrected chi connectivity index (χ4v) is 2.55. The zero-order chi connectivity index (χ0) is 17.4. The first-order valence-corrected chi connectivity index (χ1v) is 7.58. The smallest absolute Gasteiger partial charge is 0.291 e. The molecule has 3 aromatic heterocycles. The summed E-state index contributed by atoms with van der Waals surface area (Å²) in [5.74, 6) is -0.469. The molecule has 1 aromatic carbocycles. The third kappa shape index (κ3) is 2.76. The fourth-order valence-electron chi connectivity index (χ4n) is 2.55. The number of hydrogen-bond acceptors (Lipinski definition) is 4. The number of aromatic amines is 1. The van der Waals surface area contributed by atoms with Crippen LogP contribution in [0.1, 0.15) is 16.2 Å². The van der Waals surface area contributed by atoms with Crippen LogP contribution < -0.4 is 5.32 Å². The van der Waals surface area contributed by atoms with Crippen molar-refractivity contribution in [1.29, 1.82) is 0 Å². The number of nitrogens with zero attached hydrogens (tertiary/aromatic N) is 2. The molecule has 6 nitrogen and oxygen atoms in total. The van der Waals surface area contributed by atoms with Crippen molar-refractivity contribution in [3.05, 3.63) is 65.9 Å². The Balaban J connectivity index is 1.59. The maximum absolute atomic E-state index is 13.8. The van der Waals surface area contributed by atoms with E-state index < -0.39 is 11.7 Å². The highest BCUT2D eigenvalue weighted by atomic mass is 19.1. The van der Waals surface area contributed by atoms with Crippen LogP contribution in [-0.2, 0) is 0 Å². The lowest BCUT2D eigenvalue weighted by Gasteiger charge is -2.03. The van der Waals surface area contributed by atoms with Gasteiger partial charge in [0.2, 0.25) is 0 Å². The number of aryl methyl sites for hydroxylation is 1. The Morgan fingerprint density at radius 3 is 2.92 bits per heavy atom. The van der Waals surface area contributed by atoms with Gasteiger partial charge in [-0.05, 0) is 37.3 Å². The molecule has 0 unspecified atom stereocenters. The number of fused-ring (bicyclic) bond motifs is 1. The third-order valence-corrected chi connectivity index (χ3v) is 3.83. The molecule has 0 saturated heterocycles. The molecule has 4 rings (SSSR count). The highest BCUT2D eigenvalue weighted by Crippen LogP contribution is 2.25. The van der Waals surface area contributed by atoms with Gasteiger partial charge >= 0.3 is 0 Å². The van der Waals surface area contributed by atoms with Crippen LogP contribution in [-0.4, -0.2) is 21.1 Å². The lowest BCUT2D eigenvalue weighted by Crippen LogP contribution is -2.11. The average Bonchev–Trinajstić information content (AvgIpc) is 3.23. The first kappa shape index (κ1) is 15.1. The molecule has 7 heteroatoms. The highest BCUT2D eigenvalue weighted by molar-refractivity contribution is 6.03. The van der Waals surface area contributed by atoms with Gasteiger partial charge in [-0.15, -0.1) is 0 Å². The quantitative estimate of drug-likeness (QED) is 0.594. The molecule has 4 aromatic rings. The van der Waals surface area contributed by atoms with Crippen LogP contribution in [0.15, 0.2) is 53.1 Å². The van der Waals surface area contributed by atoms with Crippen LogP contribution in [0.25, 0.3) is 22.4 Å². The maximum Gasteiger partial charge on any atom is 0.291 e. The first-order valence-electron chi connectivity index (χ1n) is 7.58. The number of benzene rings is 1. The molecule has 0 saturated carbocycles. The van der Waals surface area contributed by atoms with E-state index in [1.807, 2.05) is 6.92 Å². The normalized spacial score (nSPS) is 11.0. The van der Waals surface area contributed by atoms with Crippen LogP contribution in [0.4, 0.5) is 10.1 Å². The number of furan rings is 1. The van der Waals surface area contributed by atoms with Crippen molar-refractivity contribution in [3.63, 3.8) is 0 Å². The number of H-pyrrole nitrogens is 1. The molecule has 0 fully saturated rings. The molecule has 1 amide bonds. The maximum atomic E-state index is 13.8. The highest BCUT2D eigenvalue weighted by Gasteiger charge is 2.15. The second kappa shape index (κ2) is 5.86. The van der Waals surface area contributed by atoms with Crippen molar-refractivity contribution in [2.45, 2.75) is 6.92 Å². The fraction of sp³-hybridized carbons (Fsp3) is 0.0556. The van der Waals surface area contributed by atoms with E-state index in [4.69, 9.17) is 4.42 Å². The van der Waals surface area contributed by atoms with Gasteiger partial charge in [-0.25, -0.2) is 9.37 Å². The topological polar surface area (TPSA) is 83.8 Å². The molecule has 0 radical (unpaired) electrons. The van der Waals surface area contributed by atoms with Crippen molar-refractivity contribution in [2.75, 3.05) is 5.32 Å². The van der Waals surface area contributed by atoms with Gasteiger partial charge in [0.15, 0.2) is 11.4 Å². The zero-order valence-corrected chi connectivity index (χ0v) is 13.2. The van der Waals surface area contributed by atoms with E-state index in [0.717, 1.165) is 11.1 Å². The van der Waals surface area contributed by atoms with Gasteiger partial charge < -0.3 is 9.73 Å². The Labute approximate surface area is 141 Å². The molecule has 0 spiro atoms. The van der Waals surface area contributed by atoms with Gasteiger partial charge in [0.05, 0.1) is 17.4 Å². The van der Waals surface area contributed by atoms with Crippen molar-refractivity contribution in [1.82, 2.24) is 15.2 Å². The van der Waals surface area contributed by atoms with Gasteiger partial charge in [0.25, 0.3) is 5.91 Å². The van der Waals surface area contributed by atoms with E-state index in [1.165, 1.54) is 18.3 Å². The number of hydrogen-bond donors (Lipinski definition) is 2. The van der Waals surface area contributed by atoms with Crippen molar-refractivity contribution < 1.29 is 13.6 Å². The molecule has 0 atom stereocenters. The molecule has 0 aliphatic carbocycles. The van der Waals surface area contributed by atoms with Gasteiger partial charge in [-0.2, -0.15) is 5.10 Å². The summed E-state index contributed by atoms with van der Waals surface area (Å²) in [6.45, 7) is 1.87. The van der Waals surface area contributed by atoms with Crippen LogP contribution in [0, 0.1) is 12.7 Å². The number of halogens is 1. The van der Waals surface area contributed by atoms with Crippen LogP contribution in [0.5, 0.6) is 0 Å². The van der Waals surface area contributed by atoms with E-state index in [0.29, 0.717) is 22.7 Å². The summed E-state index contributed by atoms with van der Waals surface area (Å²) in [6.07, 6.45) is 1.52. The number of pyridine rings is 1. The summed E-state index contributed by atoms with van der Waals surface area (Å²) in [6, 6.07) is 11.1. The second-order valence-electron chi connectivity index (χ2n) is 5.54. The van der Waals surface area contributed by atoms with E-state index in [1.54, 1.807) is 30.3 Å². The van der Waals surface area contributed by atoms with Gasteiger partial charge in [0.1, 0.15) is 11.6 Å². The minimum Gasteiger partial charge on any atom is -0.451 e. The molecule has 2 N–H and O–H groups in total. The minimum absolute atomic E-state index is 0.0854. The minimum atomic E-state index is -0.440. The molecule has 124 valence electrons. The van der Waals surface area contributed by atoms with Gasteiger partial charge in [-0.1, -0.05) is 12.1 Å². The molecule has 0 bridgehead atoms. The molecular weight excluding hydrogens is 323 g/mol. The Morgan fingerprint density at radius 1 is 1.24 bits per heavy atom. The number of carbonyl (C=O) groups excluding carboxylic acids is 1. The summed E-state index contributed by atoms with van der Waals surface area (Å²) in [5, 5.41) is 10.4. The Bertz CT molecular complexity index is 1080. The summed E-state index contributed by atoms with van der Waals surface area (Å²) >= 11 is 0. The number of rotatable bonds is 3. The molecule has 0 aliphatic heterocycles. The predicted octanol–water partition coefficient (Wildman–Crippen LogP) is 3.92. The summed E-state index contributed by atoms with van der Waals surface area (Å²) in [4.78, 5) is 16.5. The number of nitrogens with one attached hydrogen (secondary N) is 2. The molecule has 3 heterocycles. The average molecular weight is 336 g/mol. The Morgan fingerprint density at radius 2 is 2.08 bits per heavy atom. The van der Waals surface area contributed by atoms with Gasteiger partial charge in [0, 0.05) is 11.1 Å². The van der Waals surface area contributed by atoms with E-state index >= 15 is 0 Å². The largest absolute Gasteiger partial charge is 0.451 e. The van der Waals surface area contributed by atoms with Gasteiger partial charge in [-0.3, -0.25) is 9.89 Å². The SMILES string of the molecule is Cc1[nH]nc2ncc(NC(=O)c3ccc(-c4ccccc4F)o3)cc12. The molecular formula is C18H13FN4O2. The van der Waals surface area contributed by atoms with E-state index in [9.17, 15) is 9.18 Å². The van der Waals surface area contributed by atoms with Crippen LogP contribution >= 0.6 is 0 Å². The summed E-state index contributed by atoms with van der Waals surface area (Å²) < 4.78 is 19.3. The Hall–Kier alpha value is -3.48. The lowest BCUT2D eigenvalue weighted by atomic mass is 10.1. The lowest BCUT2D eigenvalue weighted by molar-refractivity contribution is 0.0997. The third-order valence-electron chi connectivity index (χ3n) is 3.83. The van der Waals surface area contributed by atoms with Crippen molar-refractivity contribution >= 4 is 22.6 Å². The number of carbonyl (C=O) groups is 1. The summed E-state index contributed by atoms with van der Waals surface area (Å²) in [7, 11) is 0. The number of aromatic nitrogens is 3. The van der Waals surface area contributed by atoms with Crippen LogP contribution in [0.2, 0.25) is 0 Å². The molecule has 25 heavy (non-hydrogen) atoms.